The Morgan fingerprint density at radius 3 is 2.15 bits per heavy atom. The number of hydrogen-bond acceptors (Lipinski definition) is 3. The van der Waals surface area contributed by atoms with Crippen LogP contribution in [0.1, 0.15) is 11.1 Å². The monoisotopic (exact) mass is 395 g/mol. The van der Waals surface area contributed by atoms with Gasteiger partial charge in [0.25, 0.3) is 0 Å². The molecule has 0 unspecified atom stereocenters. The van der Waals surface area contributed by atoms with E-state index in [1.165, 1.54) is 23.5 Å². The van der Waals surface area contributed by atoms with E-state index < -0.39 is 19.8 Å². The van der Waals surface area contributed by atoms with Crippen LogP contribution in [0.15, 0.2) is 29.3 Å². The highest BCUT2D eigenvalue weighted by molar-refractivity contribution is 7.22. The predicted octanol–water partition coefficient (Wildman–Crippen LogP) is 5.07. The number of benzene rings is 1. The molecule has 0 saturated heterocycles. The number of rotatable bonds is 4. The first-order valence-electron chi connectivity index (χ1n) is 7.90. The van der Waals surface area contributed by atoms with E-state index in [9.17, 15) is 18.4 Å². The highest BCUT2D eigenvalue weighted by Gasteiger charge is 2.32. The normalized spacial score (nSPS) is 12.4. The summed E-state index contributed by atoms with van der Waals surface area (Å²) in [6.45, 7) is 6.34. The molecule has 2 rings (SSSR count). The van der Waals surface area contributed by atoms with Crippen molar-refractivity contribution >= 4 is 35.9 Å². The van der Waals surface area contributed by atoms with E-state index in [0.29, 0.717) is 16.1 Å². The Bertz CT molecular complexity index is 854. The second-order valence-electron chi connectivity index (χ2n) is 7.13. The van der Waals surface area contributed by atoms with Gasteiger partial charge in [-0.25, -0.2) is 4.99 Å². The summed E-state index contributed by atoms with van der Waals surface area (Å²) < 4.78 is 38.5. The number of hydrogen-bond donors (Lipinski definition) is 0. The second-order valence-corrected chi connectivity index (χ2v) is 13.1. The SMILES string of the molecule is CN(C)/C=N\c1sc(-c2ccc(C(F)(F)F)cc2)c([Si](C)(C)C)c1C#N. The van der Waals surface area contributed by atoms with E-state index in [0.717, 1.165) is 22.2 Å². The van der Waals surface area contributed by atoms with Crippen LogP contribution in [0, 0.1) is 11.3 Å². The molecule has 8 heteroatoms. The van der Waals surface area contributed by atoms with Gasteiger partial charge in [0, 0.05) is 19.0 Å². The summed E-state index contributed by atoms with van der Waals surface area (Å²) in [5.74, 6) is 0. The van der Waals surface area contributed by atoms with Crippen molar-refractivity contribution in [2.75, 3.05) is 14.1 Å². The molecule has 1 heterocycles. The minimum Gasteiger partial charge on any atom is -0.369 e. The van der Waals surface area contributed by atoms with Crippen molar-refractivity contribution in [1.29, 1.82) is 5.26 Å². The van der Waals surface area contributed by atoms with Crippen LogP contribution in [-0.4, -0.2) is 33.4 Å². The number of alkyl halides is 3. The lowest BCUT2D eigenvalue weighted by Crippen LogP contribution is -2.39. The fourth-order valence-electron chi connectivity index (χ4n) is 2.51. The van der Waals surface area contributed by atoms with Crippen LogP contribution < -0.4 is 5.19 Å². The van der Waals surface area contributed by atoms with Crippen molar-refractivity contribution < 1.29 is 13.2 Å². The van der Waals surface area contributed by atoms with Crippen LogP contribution in [0.2, 0.25) is 19.6 Å². The first-order chi connectivity index (χ1) is 11.9. The Hall–Kier alpha value is -2.11. The van der Waals surface area contributed by atoms with Gasteiger partial charge >= 0.3 is 6.18 Å². The van der Waals surface area contributed by atoms with Gasteiger partial charge in [-0.05, 0) is 22.9 Å². The standard InChI is InChI=1S/C18H20F3N3SSi/c1-24(2)11-23-17-14(10-22)16(26(3,4)5)15(25-17)12-6-8-13(9-7-12)18(19,20)21/h6-9,11H,1-5H3/b23-11-. The molecule has 0 aliphatic carbocycles. The lowest BCUT2D eigenvalue weighted by atomic mass is 10.1. The summed E-state index contributed by atoms with van der Waals surface area (Å²) in [5.41, 5.74) is 0.532. The molecule has 26 heavy (non-hydrogen) atoms. The van der Waals surface area contributed by atoms with Crippen molar-refractivity contribution in [3.8, 4) is 16.5 Å². The van der Waals surface area contributed by atoms with Gasteiger partial charge < -0.3 is 4.90 Å². The van der Waals surface area contributed by atoms with E-state index in [-0.39, 0.29) is 0 Å². The largest absolute Gasteiger partial charge is 0.416 e. The molecule has 1 aromatic heterocycles. The van der Waals surface area contributed by atoms with Gasteiger partial charge in [-0.2, -0.15) is 18.4 Å². The third-order valence-corrected chi connectivity index (χ3v) is 6.96. The highest BCUT2D eigenvalue weighted by atomic mass is 32.1. The van der Waals surface area contributed by atoms with Crippen molar-refractivity contribution in [3.63, 3.8) is 0 Å². The minimum absolute atomic E-state index is 0.530. The zero-order chi connectivity index (χ0) is 19.7. The fraction of sp³-hybridized carbons (Fsp3) is 0.333. The van der Waals surface area contributed by atoms with Crippen LogP contribution >= 0.6 is 11.3 Å². The van der Waals surface area contributed by atoms with E-state index in [1.54, 1.807) is 11.2 Å². The van der Waals surface area contributed by atoms with Gasteiger partial charge in [0.05, 0.1) is 25.5 Å². The zero-order valence-electron chi connectivity index (χ0n) is 15.3. The van der Waals surface area contributed by atoms with Crippen LogP contribution in [0.3, 0.4) is 0 Å². The topological polar surface area (TPSA) is 39.4 Å². The van der Waals surface area contributed by atoms with Gasteiger partial charge in [0.2, 0.25) is 0 Å². The maximum atomic E-state index is 12.8. The molecule has 2 aromatic rings. The first kappa shape index (κ1) is 20.2. The van der Waals surface area contributed by atoms with Gasteiger partial charge in [-0.1, -0.05) is 31.8 Å². The smallest absolute Gasteiger partial charge is 0.369 e. The summed E-state index contributed by atoms with van der Waals surface area (Å²) in [7, 11) is 1.73. The third-order valence-electron chi connectivity index (χ3n) is 3.63. The van der Waals surface area contributed by atoms with Crippen molar-refractivity contribution in [2.45, 2.75) is 25.8 Å². The molecule has 0 radical (unpaired) electrons. The first-order valence-corrected chi connectivity index (χ1v) is 12.2. The van der Waals surface area contributed by atoms with Crippen molar-refractivity contribution in [2.24, 2.45) is 4.99 Å². The van der Waals surface area contributed by atoms with Crippen molar-refractivity contribution in [1.82, 2.24) is 4.90 Å². The number of thiophene rings is 1. The third kappa shape index (κ3) is 4.34. The van der Waals surface area contributed by atoms with Gasteiger partial charge in [-0.3, -0.25) is 0 Å². The second kappa shape index (κ2) is 7.25. The lowest BCUT2D eigenvalue weighted by Gasteiger charge is -2.18. The average molecular weight is 396 g/mol. The summed E-state index contributed by atoms with van der Waals surface area (Å²) in [6, 6.07) is 7.36. The molecular formula is C18H20F3N3SSi. The molecule has 0 aliphatic rings. The van der Waals surface area contributed by atoms with Gasteiger partial charge in [-0.15, -0.1) is 11.3 Å². The number of aliphatic imine (C=N–C) groups is 1. The van der Waals surface area contributed by atoms with E-state index in [2.05, 4.69) is 30.7 Å². The summed E-state index contributed by atoms with van der Waals surface area (Å²) >= 11 is 1.35. The molecule has 1 aromatic carbocycles. The summed E-state index contributed by atoms with van der Waals surface area (Å²) in [4.78, 5) is 7.00. The summed E-state index contributed by atoms with van der Waals surface area (Å²) in [5, 5.41) is 11.2. The molecule has 0 saturated carbocycles. The predicted molar refractivity (Wildman–Crippen MR) is 104 cm³/mol. The maximum absolute atomic E-state index is 12.8. The fourth-order valence-corrected chi connectivity index (χ4v) is 6.42. The zero-order valence-corrected chi connectivity index (χ0v) is 17.1. The average Bonchev–Trinajstić information content (AvgIpc) is 2.91. The molecule has 0 fully saturated rings. The highest BCUT2D eigenvalue weighted by Crippen LogP contribution is 2.38. The molecule has 0 amide bonds. The van der Waals surface area contributed by atoms with Gasteiger partial charge in [0.1, 0.15) is 11.1 Å². The Morgan fingerprint density at radius 2 is 1.73 bits per heavy atom. The number of nitriles is 1. The molecule has 0 bridgehead atoms. The van der Waals surface area contributed by atoms with E-state index >= 15 is 0 Å². The Balaban J connectivity index is 2.66. The number of nitrogens with zero attached hydrogens (tertiary/aromatic N) is 3. The van der Waals surface area contributed by atoms with E-state index in [4.69, 9.17) is 0 Å². The van der Waals surface area contributed by atoms with E-state index in [1.807, 2.05) is 14.1 Å². The maximum Gasteiger partial charge on any atom is 0.416 e. The van der Waals surface area contributed by atoms with Crippen LogP contribution in [0.4, 0.5) is 18.2 Å². The Labute approximate surface area is 156 Å². The van der Waals surface area contributed by atoms with Crippen LogP contribution in [0.25, 0.3) is 10.4 Å². The molecule has 0 aliphatic heterocycles. The molecule has 138 valence electrons. The van der Waals surface area contributed by atoms with Gasteiger partial charge in [0.15, 0.2) is 0 Å². The quantitative estimate of drug-likeness (QED) is 0.412. The molecule has 0 N–H and O–H groups in total. The van der Waals surface area contributed by atoms with Crippen molar-refractivity contribution in [3.05, 3.63) is 35.4 Å². The minimum atomic E-state index is -4.37. The lowest BCUT2D eigenvalue weighted by molar-refractivity contribution is -0.137. The van der Waals surface area contributed by atoms with Crippen LogP contribution in [-0.2, 0) is 6.18 Å². The molecule has 3 nitrogen and oxygen atoms in total. The molecular weight excluding hydrogens is 375 g/mol. The molecule has 0 spiro atoms. The molecule has 0 atom stereocenters. The number of halogens is 3. The van der Waals surface area contributed by atoms with Crippen LogP contribution in [0.5, 0.6) is 0 Å². The Morgan fingerprint density at radius 1 is 1.15 bits per heavy atom. The Kier molecular flexibility index (Phi) is 5.63. The summed E-state index contributed by atoms with van der Waals surface area (Å²) in [6.07, 6.45) is -2.74.